The number of carbonyl (C=O) groups is 3. The number of cyclic esters (lactones) is 2. The number of anilines is 4. The van der Waals surface area contributed by atoms with Crippen molar-refractivity contribution in [1.82, 2.24) is 14.9 Å². The Hall–Kier alpha value is -5.73. The smallest absolute Gasteiger partial charge is 0.336 e. The normalized spacial score (nSPS) is 17.2. The van der Waals surface area contributed by atoms with Gasteiger partial charge in [-0.3, -0.25) is 9.69 Å². The van der Waals surface area contributed by atoms with E-state index in [1.807, 2.05) is 0 Å². The van der Waals surface area contributed by atoms with Crippen molar-refractivity contribution in [2.75, 3.05) is 54.9 Å². The molecule has 0 unspecified atom stereocenters. The van der Waals surface area contributed by atoms with Crippen molar-refractivity contribution >= 4 is 51.8 Å². The summed E-state index contributed by atoms with van der Waals surface area (Å²) in [4.78, 5) is 48.8. The van der Waals surface area contributed by atoms with Gasteiger partial charge < -0.3 is 30.1 Å². The van der Waals surface area contributed by atoms with Gasteiger partial charge >= 0.3 is 11.9 Å². The number of nitrogens with one attached hydrogen (secondary N) is 2. The number of hydrogen-bond acceptors (Lipinski definition) is 11. The van der Waals surface area contributed by atoms with Crippen molar-refractivity contribution in [3.05, 3.63) is 96.6 Å². The molecule has 0 radical (unpaired) electrons. The van der Waals surface area contributed by atoms with Gasteiger partial charge in [0, 0.05) is 67.7 Å². The van der Waals surface area contributed by atoms with Gasteiger partial charge in [-0.15, -0.1) is 0 Å². The molecular formula is C33H28F2N6O6. The number of piperazine rings is 1. The molecule has 1 amide bonds. The molecule has 0 spiro atoms. The number of hydrogen-bond donors (Lipinski definition) is 3. The van der Waals surface area contributed by atoms with Crippen LogP contribution in [0, 0.1) is 11.6 Å². The number of ether oxygens (including phenoxy) is 2. The van der Waals surface area contributed by atoms with Crippen molar-refractivity contribution in [3.8, 4) is 11.1 Å². The van der Waals surface area contributed by atoms with Crippen LogP contribution in [0.1, 0.15) is 0 Å². The number of para-hydroxylation sites is 1. The van der Waals surface area contributed by atoms with Gasteiger partial charge in [-0.25, -0.2) is 28.3 Å². The summed E-state index contributed by atoms with van der Waals surface area (Å²) in [6, 6.07) is 15.1. The Bertz CT molecular complexity index is 1930. The van der Waals surface area contributed by atoms with Crippen molar-refractivity contribution in [2.24, 2.45) is 0 Å². The standard InChI is InChI=1S/C33H28F2N6O6/c34-29-24(7-8-25(30(29)35)41-13-11-40(12-14-41)15-16-42)38-33-36-18-21-4-2-6-23(31(21)39-33)20-3-1-5-22(17-20)37-32(45)26-19-46-27(43)9-10-28(44)47-26/h1-10,17-19,42H,11-16H2,(H,37,45)(H,36,38,39)/b10-9-,26-19-. The predicted octanol–water partition coefficient (Wildman–Crippen LogP) is 3.87. The lowest BCUT2D eigenvalue weighted by Gasteiger charge is -2.36. The largest absolute Gasteiger partial charge is 0.427 e. The molecule has 3 aromatic carbocycles. The number of benzene rings is 3. The Kier molecular flexibility index (Phi) is 9.13. The van der Waals surface area contributed by atoms with E-state index < -0.39 is 35.2 Å². The maximum atomic E-state index is 15.3. The van der Waals surface area contributed by atoms with E-state index in [2.05, 4.69) is 25.5 Å². The molecule has 6 rings (SSSR count). The second-order valence-electron chi connectivity index (χ2n) is 10.6. The van der Waals surface area contributed by atoms with Gasteiger partial charge in [0.15, 0.2) is 11.6 Å². The molecule has 1 saturated heterocycles. The van der Waals surface area contributed by atoms with Gasteiger partial charge in [0.05, 0.1) is 23.5 Å². The number of rotatable bonds is 8. The van der Waals surface area contributed by atoms with Crippen molar-refractivity contribution < 1.29 is 37.7 Å². The van der Waals surface area contributed by atoms with Crippen molar-refractivity contribution in [1.29, 1.82) is 0 Å². The maximum absolute atomic E-state index is 15.3. The predicted molar refractivity (Wildman–Crippen MR) is 168 cm³/mol. The lowest BCUT2D eigenvalue weighted by molar-refractivity contribution is -0.140. The molecule has 2 aliphatic rings. The van der Waals surface area contributed by atoms with Crippen LogP contribution in [0.4, 0.5) is 31.8 Å². The summed E-state index contributed by atoms with van der Waals surface area (Å²) in [5.74, 6) is -5.08. The van der Waals surface area contributed by atoms with Crippen LogP contribution in [-0.2, 0) is 23.9 Å². The third-order valence-corrected chi connectivity index (χ3v) is 7.55. The second kappa shape index (κ2) is 13.7. The minimum Gasteiger partial charge on any atom is -0.427 e. The van der Waals surface area contributed by atoms with Gasteiger partial charge in [-0.05, 0) is 29.8 Å². The van der Waals surface area contributed by atoms with Crippen LogP contribution in [-0.4, -0.2) is 77.2 Å². The van der Waals surface area contributed by atoms with Crippen LogP contribution in [0.25, 0.3) is 22.0 Å². The molecule has 0 atom stereocenters. The summed E-state index contributed by atoms with van der Waals surface area (Å²) >= 11 is 0. The maximum Gasteiger partial charge on any atom is 0.336 e. The average molecular weight is 643 g/mol. The zero-order chi connectivity index (χ0) is 32.9. The Labute approximate surface area is 266 Å². The van der Waals surface area contributed by atoms with Gasteiger partial charge in [-0.2, -0.15) is 0 Å². The van der Waals surface area contributed by atoms with Gasteiger partial charge in [0.25, 0.3) is 5.91 Å². The van der Waals surface area contributed by atoms with Gasteiger partial charge in [0.2, 0.25) is 11.7 Å². The van der Waals surface area contributed by atoms with Crippen LogP contribution in [0.2, 0.25) is 0 Å². The highest BCUT2D eigenvalue weighted by molar-refractivity contribution is 6.05. The summed E-state index contributed by atoms with van der Waals surface area (Å²) in [7, 11) is 0. The zero-order valence-corrected chi connectivity index (χ0v) is 24.8. The highest BCUT2D eigenvalue weighted by Crippen LogP contribution is 2.32. The molecule has 2 aliphatic heterocycles. The Morgan fingerprint density at radius 1 is 0.957 bits per heavy atom. The lowest BCUT2D eigenvalue weighted by atomic mass is 10.0. The second-order valence-corrected chi connectivity index (χ2v) is 10.6. The SMILES string of the molecule is O=C1/C=C\C(=O)O/C(C(=O)Nc2cccc(-c3cccc4cnc(Nc5ccc(N6CCN(CCO)CC6)c(F)c5F)nc34)c2)=C\O1. The van der Waals surface area contributed by atoms with E-state index in [1.54, 1.807) is 53.6 Å². The van der Waals surface area contributed by atoms with Crippen LogP contribution in [0.3, 0.4) is 0 Å². The Morgan fingerprint density at radius 3 is 2.55 bits per heavy atom. The monoisotopic (exact) mass is 642 g/mol. The summed E-state index contributed by atoms with van der Waals surface area (Å²) < 4.78 is 40.2. The average Bonchev–Trinajstić information content (AvgIpc) is 3.07. The summed E-state index contributed by atoms with van der Waals surface area (Å²) in [5.41, 5.74) is 2.18. The van der Waals surface area contributed by atoms with E-state index in [4.69, 9.17) is 14.6 Å². The summed E-state index contributed by atoms with van der Waals surface area (Å²) in [5, 5.41) is 15.2. The van der Waals surface area contributed by atoms with E-state index in [0.717, 1.165) is 18.4 Å². The molecular weight excluding hydrogens is 614 g/mol. The number of amides is 1. The minimum absolute atomic E-state index is 0.0414. The van der Waals surface area contributed by atoms with E-state index >= 15 is 8.78 Å². The van der Waals surface area contributed by atoms with E-state index in [9.17, 15) is 14.4 Å². The number of aliphatic hydroxyl groups excluding tert-OH is 1. The molecule has 240 valence electrons. The minimum atomic E-state index is -1.06. The number of esters is 2. The van der Waals surface area contributed by atoms with Gasteiger partial charge in [-0.1, -0.05) is 30.3 Å². The Balaban J connectivity index is 1.22. The fraction of sp³-hybridized carbons (Fsp3) is 0.182. The first-order valence-electron chi connectivity index (χ1n) is 14.6. The summed E-state index contributed by atoms with van der Waals surface area (Å²) in [6.07, 6.45) is 4.03. The first-order chi connectivity index (χ1) is 22.8. The van der Waals surface area contributed by atoms with Crippen LogP contribution < -0.4 is 15.5 Å². The lowest BCUT2D eigenvalue weighted by Crippen LogP contribution is -2.47. The number of fused-ring (bicyclic) bond motifs is 1. The zero-order valence-electron chi connectivity index (χ0n) is 24.8. The van der Waals surface area contributed by atoms with Crippen LogP contribution >= 0.6 is 0 Å². The molecule has 12 nitrogen and oxygen atoms in total. The Morgan fingerprint density at radius 2 is 1.74 bits per heavy atom. The topological polar surface area (TPSA) is 146 Å². The molecule has 0 aliphatic carbocycles. The molecule has 0 saturated carbocycles. The number of aromatic nitrogens is 2. The highest BCUT2D eigenvalue weighted by Gasteiger charge is 2.23. The van der Waals surface area contributed by atoms with Crippen LogP contribution in [0.5, 0.6) is 0 Å². The molecule has 4 aromatic rings. The van der Waals surface area contributed by atoms with Crippen LogP contribution in [0.15, 0.2) is 85.0 Å². The molecule has 47 heavy (non-hydrogen) atoms. The van der Waals surface area contributed by atoms with Crippen molar-refractivity contribution in [3.63, 3.8) is 0 Å². The first kappa shape index (κ1) is 31.3. The number of aliphatic hydroxyl groups is 1. The van der Waals surface area contributed by atoms with Crippen molar-refractivity contribution in [2.45, 2.75) is 0 Å². The van der Waals surface area contributed by atoms with Gasteiger partial charge in [0.1, 0.15) is 6.26 Å². The van der Waals surface area contributed by atoms with E-state index in [0.29, 0.717) is 60.4 Å². The molecule has 3 heterocycles. The molecule has 1 fully saturated rings. The molecule has 1 aromatic heterocycles. The highest BCUT2D eigenvalue weighted by atomic mass is 19.2. The third kappa shape index (κ3) is 7.08. The fourth-order valence-electron chi connectivity index (χ4n) is 5.21. The summed E-state index contributed by atoms with van der Waals surface area (Å²) in [6.45, 7) is 2.85. The first-order valence-corrected chi connectivity index (χ1v) is 14.6. The molecule has 3 N–H and O–H groups in total. The quantitative estimate of drug-likeness (QED) is 0.241. The number of carbonyl (C=O) groups excluding carboxylic acids is 3. The molecule has 0 bridgehead atoms. The molecule has 14 heteroatoms. The van der Waals surface area contributed by atoms with E-state index in [-0.39, 0.29) is 23.9 Å². The van der Waals surface area contributed by atoms with E-state index in [1.165, 1.54) is 12.1 Å². The number of β-amino-alcohol motifs (C(OH)–C–C–N with tert-alkyl or cyclic N) is 1. The number of nitrogens with zero attached hydrogens (tertiary/aromatic N) is 4. The third-order valence-electron chi connectivity index (χ3n) is 7.55. The number of halogens is 2. The fourth-order valence-corrected chi connectivity index (χ4v) is 5.21.